The van der Waals surface area contributed by atoms with Gasteiger partial charge in [-0.05, 0) is 12.8 Å². The zero-order valence-electron chi connectivity index (χ0n) is 16.0. The molecule has 0 aromatic carbocycles. The van der Waals surface area contributed by atoms with Crippen LogP contribution < -0.4 is 15.2 Å². The van der Waals surface area contributed by atoms with Gasteiger partial charge in [-0.3, -0.25) is 4.98 Å². The molecule has 0 fully saturated rings. The molecule has 0 spiro atoms. The Hall–Kier alpha value is -1.59. The van der Waals surface area contributed by atoms with Crippen LogP contribution in [0.2, 0.25) is 0 Å². The first-order valence-corrected chi connectivity index (χ1v) is 10.00. The Morgan fingerprint density at radius 2 is 1.24 bits per heavy atom. The number of rotatable bonds is 16. The van der Waals surface area contributed by atoms with E-state index in [0.29, 0.717) is 13.2 Å². The largest absolute Gasteiger partial charge is 0.465 e. The Labute approximate surface area is 151 Å². The van der Waals surface area contributed by atoms with Crippen molar-refractivity contribution in [3.8, 4) is 12.0 Å². The third-order valence-electron chi connectivity index (χ3n) is 4.07. The average Bonchev–Trinajstić information content (AvgIpc) is 2.60. The molecule has 25 heavy (non-hydrogen) atoms. The van der Waals surface area contributed by atoms with Crippen LogP contribution in [0.15, 0.2) is 4.79 Å². The first-order valence-electron chi connectivity index (χ1n) is 10.00. The zero-order valence-corrected chi connectivity index (χ0v) is 16.0. The third-order valence-corrected chi connectivity index (χ3v) is 4.07. The highest BCUT2D eigenvalue weighted by Gasteiger charge is 2.05. The van der Waals surface area contributed by atoms with Crippen molar-refractivity contribution in [1.82, 2.24) is 15.0 Å². The number of unbranched alkanes of at least 4 members (excludes halogenated alkanes) is 10. The van der Waals surface area contributed by atoms with Crippen molar-refractivity contribution in [3.63, 3.8) is 0 Å². The summed E-state index contributed by atoms with van der Waals surface area (Å²) in [6.07, 6.45) is 14.3. The molecule has 0 radical (unpaired) electrons. The molecule has 1 rings (SSSR count). The van der Waals surface area contributed by atoms with Crippen molar-refractivity contribution < 1.29 is 9.47 Å². The summed E-state index contributed by atoms with van der Waals surface area (Å²) in [6.45, 7) is 5.50. The smallest absolute Gasteiger partial charge is 0.353 e. The van der Waals surface area contributed by atoms with Gasteiger partial charge in [0.25, 0.3) is 0 Å². The lowest BCUT2D eigenvalue weighted by Crippen LogP contribution is -2.16. The van der Waals surface area contributed by atoms with Crippen LogP contribution in [-0.2, 0) is 0 Å². The van der Waals surface area contributed by atoms with Crippen LogP contribution in [0.3, 0.4) is 0 Å². The van der Waals surface area contributed by atoms with Gasteiger partial charge in [0.05, 0.1) is 13.2 Å². The van der Waals surface area contributed by atoms with E-state index in [-0.39, 0.29) is 12.0 Å². The maximum atomic E-state index is 11.6. The van der Waals surface area contributed by atoms with Gasteiger partial charge in [0.1, 0.15) is 0 Å². The van der Waals surface area contributed by atoms with Crippen molar-refractivity contribution >= 4 is 0 Å². The minimum absolute atomic E-state index is 0.107. The summed E-state index contributed by atoms with van der Waals surface area (Å²) in [4.78, 5) is 21.9. The van der Waals surface area contributed by atoms with Crippen LogP contribution in [0.25, 0.3) is 0 Å². The number of H-pyrrole nitrogens is 1. The second-order valence-corrected chi connectivity index (χ2v) is 6.47. The fraction of sp³-hybridized carbons (Fsp3) is 0.842. The van der Waals surface area contributed by atoms with Crippen molar-refractivity contribution in [2.75, 3.05) is 13.2 Å². The maximum Gasteiger partial charge on any atom is 0.353 e. The fourth-order valence-electron chi connectivity index (χ4n) is 2.58. The molecule has 1 aromatic heterocycles. The van der Waals surface area contributed by atoms with Crippen LogP contribution in [0.1, 0.15) is 90.9 Å². The SMILES string of the molecule is CCCCCCCCOc1nc(OCCCCCCCC)[nH]c(=O)n1. The molecule has 0 aliphatic heterocycles. The molecule has 0 atom stereocenters. The van der Waals surface area contributed by atoms with Crippen molar-refractivity contribution in [2.24, 2.45) is 0 Å². The van der Waals surface area contributed by atoms with Crippen LogP contribution in [0.5, 0.6) is 12.0 Å². The molecule has 1 N–H and O–H groups in total. The van der Waals surface area contributed by atoms with Crippen LogP contribution in [0.4, 0.5) is 0 Å². The first-order chi connectivity index (χ1) is 12.3. The first kappa shape index (κ1) is 21.5. The number of hydrogen-bond acceptors (Lipinski definition) is 5. The highest BCUT2D eigenvalue weighted by atomic mass is 16.5. The molecule has 0 bridgehead atoms. The molecule has 0 unspecified atom stereocenters. The van der Waals surface area contributed by atoms with Gasteiger partial charge in [0.15, 0.2) is 0 Å². The Morgan fingerprint density at radius 3 is 1.84 bits per heavy atom. The summed E-state index contributed by atoms with van der Waals surface area (Å²) >= 11 is 0. The predicted octanol–water partition coefficient (Wildman–Crippen LogP) is 4.64. The Morgan fingerprint density at radius 1 is 0.720 bits per heavy atom. The lowest BCUT2D eigenvalue weighted by atomic mass is 10.1. The minimum atomic E-state index is -0.481. The van der Waals surface area contributed by atoms with Crippen LogP contribution in [0, 0.1) is 0 Å². The number of nitrogens with one attached hydrogen (secondary N) is 1. The molecule has 0 aliphatic carbocycles. The molecular formula is C19H35N3O3. The molecule has 0 amide bonds. The zero-order chi connectivity index (χ0) is 18.2. The van der Waals surface area contributed by atoms with Crippen molar-refractivity contribution in [2.45, 2.75) is 90.9 Å². The van der Waals surface area contributed by atoms with E-state index >= 15 is 0 Å². The molecule has 6 heteroatoms. The third kappa shape index (κ3) is 11.6. The van der Waals surface area contributed by atoms with Gasteiger partial charge in [0.2, 0.25) is 0 Å². The van der Waals surface area contributed by atoms with Gasteiger partial charge < -0.3 is 9.47 Å². The number of hydrogen-bond donors (Lipinski definition) is 1. The fourth-order valence-corrected chi connectivity index (χ4v) is 2.58. The summed E-state index contributed by atoms with van der Waals surface area (Å²) in [5.41, 5.74) is -0.481. The van der Waals surface area contributed by atoms with E-state index in [2.05, 4.69) is 28.8 Å². The highest BCUT2D eigenvalue weighted by molar-refractivity contribution is 4.99. The van der Waals surface area contributed by atoms with Gasteiger partial charge in [0, 0.05) is 0 Å². The van der Waals surface area contributed by atoms with Crippen molar-refractivity contribution in [3.05, 3.63) is 10.5 Å². The molecule has 144 valence electrons. The molecule has 1 aromatic rings. The van der Waals surface area contributed by atoms with Crippen molar-refractivity contribution in [1.29, 1.82) is 0 Å². The van der Waals surface area contributed by atoms with Crippen LogP contribution >= 0.6 is 0 Å². The lowest BCUT2D eigenvalue weighted by molar-refractivity contribution is 0.250. The van der Waals surface area contributed by atoms with Crippen LogP contribution in [-0.4, -0.2) is 28.2 Å². The summed E-state index contributed by atoms with van der Waals surface area (Å²) in [5.74, 6) is 0. The van der Waals surface area contributed by atoms with Gasteiger partial charge >= 0.3 is 17.7 Å². The molecule has 6 nitrogen and oxygen atoms in total. The normalized spacial score (nSPS) is 10.8. The molecule has 0 aliphatic rings. The molecular weight excluding hydrogens is 318 g/mol. The maximum absolute atomic E-state index is 11.6. The second kappa shape index (κ2) is 14.7. The summed E-state index contributed by atoms with van der Waals surface area (Å²) in [6, 6.07) is 0.307. The number of nitrogens with zero attached hydrogens (tertiary/aromatic N) is 2. The monoisotopic (exact) mass is 353 g/mol. The summed E-state index contributed by atoms with van der Waals surface area (Å²) < 4.78 is 11.0. The Kier molecular flexibility index (Phi) is 12.6. The Bertz CT molecular complexity index is 452. The van der Waals surface area contributed by atoms with Gasteiger partial charge in [-0.2, -0.15) is 0 Å². The molecule has 0 saturated carbocycles. The summed E-state index contributed by atoms with van der Waals surface area (Å²) in [7, 11) is 0. The van der Waals surface area contributed by atoms with Gasteiger partial charge in [-0.15, -0.1) is 9.97 Å². The van der Waals surface area contributed by atoms with Gasteiger partial charge in [-0.25, -0.2) is 4.79 Å². The standard InChI is InChI=1S/C19H35N3O3/c1-3-5-7-9-11-13-15-24-18-20-17(23)21-19(22-18)25-16-14-12-10-8-6-4-2/h3-16H2,1-2H3,(H,20,21,22,23). The second-order valence-electron chi connectivity index (χ2n) is 6.47. The number of aromatic amines is 1. The van der Waals surface area contributed by atoms with E-state index in [1.54, 1.807) is 0 Å². The van der Waals surface area contributed by atoms with E-state index < -0.39 is 5.69 Å². The van der Waals surface area contributed by atoms with E-state index in [4.69, 9.17) is 9.47 Å². The minimum Gasteiger partial charge on any atom is -0.465 e. The quantitative estimate of drug-likeness (QED) is 0.438. The highest BCUT2D eigenvalue weighted by Crippen LogP contribution is 2.09. The molecule has 0 saturated heterocycles. The molecule has 1 heterocycles. The summed E-state index contributed by atoms with van der Waals surface area (Å²) in [5, 5.41) is 0. The van der Waals surface area contributed by atoms with E-state index in [0.717, 1.165) is 25.7 Å². The average molecular weight is 354 g/mol. The lowest BCUT2D eigenvalue weighted by Gasteiger charge is -2.07. The number of ether oxygens (including phenoxy) is 2. The van der Waals surface area contributed by atoms with E-state index in [1.807, 2.05) is 0 Å². The Balaban J connectivity index is 2.20. The van der Waals surface area contributed by atoms with E-state index in [9.17, 15) is 4.79 Å². The topological polar surface area (TPSA) is 77.1 Å². The number of aromatic nitrogens is 3. The van der Waals surface area contributed by atoms with Gasteiger partial charge in [-0.1, -0.05) is 78.1 Å². The van der Waals surface area contributed by atoms with E-state index in [1.165, 1.54) is 51.4 Å². The predicted molar refractivity (Wildman–Crippen MR) is 100 cm³/mol.